The fraction of sp³-hybridized carbons (Fsp3) is 0.278. The summed E-state index contributed by atoms with van der Waals surface area (Å²) >= 11 is -2.32. The molecule has 0 spiro atoms. The first kappa shape index (κ1) is 17.7. The van der Waals surface area contributed by atoms with E-state index >= 15 is 0 Å². The molecule has 1 heterocycles. The molecule has 25 heavy (non-hydrogen) atoms. The number of fused-ring (bicyclic) bond motifs is 1. The normalized spacial score (nSPS) is 20.4. The number of hydrogen-bond acceptors (Lipinski definition) is 4. The molecule has 1 N–H and O–H groups in total. The highest BCUT2D eigenvalue weighted by atomic mass is 32.2. The first-order valence-corrected chi connectivity index (χ1v) is 8.98. The van der Waals surface area contributed by atoms with Crippen LogP contribution in [0.1, 0.15) is 37.0 Å². The standard InChI is InChI=1S/C18H19FN2O3S/c1-3-18(2)21-17(13-5-7-14(19)8-6-13)15-9-4-12(10-16(15)24-18)11-20-25(22)23/h4-10,20H,3,11H2,1-2H3,(H,22,23)/p-1. The van der Waals surface area contributed by atoms with Gasteiger partial charge in [-0.2, -0.15) is 0 Å². The van der Waals surface area contributed by atoms with Crippen LogP contribution >= 0.6 is 0 Å². The average molecular weight is 361 g/mol. The van der Waals surface area contributed by atoms with Crippen molar-refractivity contribution >= 4 is 17.0 Å². The lowest BCUT2D eigenvalue weighted by Gasteiger charge is -2.33. The van der Waals surface area contributed by atoms with Gasteiger partial charge in [0.25, 0.3) is 0 Å². The molecule has 0 saturated heterocycles. The Labute approximate surface area is 148 Å². The van der Waals surface area contributed by atoms with Crippen LogP contribution in [-0.4, -0.2) is 20.2 Å². The Kier molecular flexibility index (Phi) is 4.99. The van der Waals surface area contributed by atoms with Gasteiger partial charge in [-0.3, -0.25) is 4.21 Å². The Bertz CT molecular complexity index is 839. The van der Waals surface area contributed by atoms with E-state index in [-0.39, 0.29) is 12.4 Å². The van der Waals surface area contributed by atoms with Crippen molar-refractivity contribution in [1.29, 1.82) is 0 Å². The number of aliphatic imine (C=N–C) groups is 1. The van der Waals surface area contributed by atoms with Crippen LogP contribution in [0, 0.1) is 5.82 Å². The highest BCUT2D eigenvalue weighted by molar-refractivity contribution is 7.77. The maximum Gasteiger partial charge on any atom is 0.197 e. The van der Waals surface area contributed by atoms with Gasteiger partial charge in [0.2, 0.25) is 0 Å². The zero-order valence-electron chi connectivity index (χ0n) is 13.9. The number of benzene rings is 2. The molecule has 5 nitrogen and oxygen atoms in total. The maximum atomic E-state index is 13.2. The smallest absolute Gasteiger partial charge is 0.197 e. The molecule has 132 valence electrons. The SMILES string of the molecule is CCC1(C)N=C(c2ccc(F)cc2)c2ccc(CNS(=O)[O-])cc2O1. The van der Waals surface area contributed by atoms with Crippen molar-refractivity contribution in [3.63, 3.8) is 0 Å². The van der Waals surface area contributed by atoms with Crippen molar-refractivity contribution in [1.82, 2.24) is 4.72 Å². The zero-order chi connectivity index (χ0) is 18.0. The van der Waals surface area contributed by atoms with Crippen LogP contribution in [0.4, 0.5) is 4.39 Å². The molecule has 0 bridgehead atoms. The summed E-state index contributed by atoms with van der Waals surface area (Å²) in [5, 5.41) is 0. The number of nitrogens with zero attached hydrogens (tertiary/aromatic N) is 1. The number of nitrogens with one attached hydrogen (secondary N) is 1. The lowest BCUT2D eigenvalue weighted by Crippen LogP contribution is -2.35. The molecule has 7 heteroatoms. The predicted octanol–water partition coefficient (Wildman–Crippen LogP) is 3.07. The van der Waals surface area contributed by atoms with Gasteiger partial charge in [-0.25, -0.2) is 14.1 Å². The van der Waals surface area contributed by atoms with Gasteiger partial charge in [-0.15, -0.1) is 0 Å². The Morgan fingerprint density at radius 3 is 2.64 bits per heavy atom. The Morgan fingerprint density at radius 1 is 1.28 bits per heavy atom. The molecule has 2 unspecified atom stereocenters. The molecule has 2 aromatic carbocycles. The number of ether oxygens (including phenoxy) is 1. The van der Waals surface area contributed by atoms with Crippen LogP contribution in [0.2, 0.25) is 0 Å². The number of halogens is 1. The quantitative estimate of drug-likeness (QED) is 0.832. The maximum absolute atomic E-state index is 13.2. The van der Waals surface area contributed by atoms with Crippen molar-refractivity contribution < 1.29 is 17.9 Å². The van der Waals surface area contributed by atoms with Gasteiger partial charge in [0.05, 0.1) is 5.71 Å². The fourth-order valence-electron chi connectivity index (χ4n) is 2.63. The Balaban J connectivity index is 2.03. The van der Waals surface area contributed by atoms with E-state index in [0.717, 1.165) is 22.4 Å². The third kappa shape index (κ3) is 3.95. The molecule has 1 aliphatic heterocycles. The zero-order valence-corrected chi connectivity index (χ0v) is 14.7. The second kappa shape index (κ2) is 7.03. The van der Waals surface area contributed by atoms with E-state index < -0.39 is 17.0 Å². The summed E-state index contributed by atoms with van der Waals surface area (Å²) in [6, 6.07) is 11.6. The number of rotatable bonds is 5. The molecule has 3 rings (SSSR count). The van der Waals surface area contributed by atoms with Gasteiger partial charge >= 0.3 is 0 Å². The second-order valence-corrected chi connectivity index (χ2v) is 6.74. The van der Waals surface area contributed by atoms with E-state index in [1.165, 1.54) is 12.1 Å². The molecule has 0 aromatic heterocycles. The minimum atomic E-state index is -2.32. The van der Waals surface area contributed by atoms with Crippen molar-refractivity contribution in [3.8, 4) is 5.75 Å². The molecule has 0 saturated carbocycles. The molecule has 2 atom stereocenters. The van der Waals surface area contributed by atoms with Gasteiger partial charge in [0.1, 0.15) is 11.6 Å². The third-order valence-corrected chi connectivity index (χ3v) is 4.53. The van der Waals surface area contributed by atoms with E-state index in [2.05, 4.69) is 4.72 Å². The predicted molar refractivity (Wildman–Crippen MR) is 93.6 cm³/mol. The van der Waals surface area contributed by atoms with Gasteiger partial charge in [-0.05, 0) is 48.9 Å². The first-order valence-electron chi connectivity index (χ1n) is 7.91. The molecule has 1 aliphatic rings. The molecule has 0 fully saturated rings. The minimum absolute atomic E-state index is 0.179. The van der Waals surface area contributed by atoms with E-state index in [1.54, 1.807) is 18.2 Å². The van der Waals surface area contributed by atoms with Gasteiger partial charge in [0, 0.05) is 35.4 Å². The molecule has 2 aromatic rings. The first-order chi connectivity index (χ1) is 11.9. The van der Waals surface area contributed by atoms with Crippen LogP contribution in [0.25, 0.3) is 0 Å². The van der Waals surface area contributed by atoms with Gasteiger partial charge < -0.3 is 9.29 Å². The van der Waals surface area contributed by atoms with E-state index in [0.29, 0.717) is 12.2 Å². The van der Waals surface area contributed by atoms with Crippen LogP contribution < -0.4 is 9.46 Å². The van der Waals surface area contributed by atoms with E-state index in [4.69, 9.17) is 9.73 Å². The summed E-state index contributed by atoms with van der Waals surface area (Å²) in [6.07, 6.45) is 0.657. The molecular weight excluding hydrogens is 343 g/mol. The summed E-state index contributed by atoms with van der Waals surface area (Å²) in [6.45, 7) is 4.04. The lowest BCUT2D eigenvalue weighted by molar-refractivity contribution is 0.0901. The molecule has 0 radical (unpaired) electrons. The second-order valence-electron chi connectivity index (χ2n) is 5.98. The summed E-state index contributed by atoms with van der Waals surface area (Å²) in [5.74, 6) is 0.330. The van der Waals surface area contributed by atoms with Crippen LogP contribution in [0.15, 0.2) is 47.5 Å². The molecule has 0 amide bonds. The van der Waals surface area contributed by atoms with Crippen molar-refractivity contribution in [2.24, 2.45) is 4.99 Å². The topological polar surface area (TPSA) is 73.8 Å². The highest BCUT2D eigenvalue weighted by Crippen LogP contribution is 2.35. The number of hydrogen-bond donors (Lipinski definition) is 1. The van der Waals surface area contributed by atoms with E-state index in [1.807, 2.05) is 26.0 Å². The monoisotopic (exact) mass is 361 g/mol. The molecular formula is C18H18FN2O3S-. The minimum Gasteiger partial charge on any atom is -0.760 e. The highest BCUT2D eigenvalue weighted by Gasteiger charge is 2.31. The van der Waals surface area contributed by atoms with Crippen molar-refractivity contribution in [2.45, 2.75) is 32.5 Å². The van der Waals surface area contributed by atoms with Gasteiger partial charge in [-0.1, -0.05) is 13.0 Å². The summed E-state index contributed by atoms with van der Waals surface area (Å²) in [5.41, 5.74) is 2.38. The Hall–Kier alpha value is -2.09. The fourth-order valence-corrected chi connectivity index (χ4v) is 2.92. The van der Waals surface area contributed by atoms with Crippen LogP contribution in [0.3, 0.4) is 0 Å². The largest absolute Gasteiger partial charge is 0.760 e. The van der Waals surface area contributed by atoms with E-state index in [9.17, 15) is 13.2 Å². The third-order valence-electron chi connectivity index (χ3n) is 4.15. The Morgan fingerprint density at radius 2 is 2.00 bits per heavy atom. The average Bonchev–Trinajstić information content (AvgIpc) is 2.59. The van der Waals surface area contributed by atoms with Crippen molar-refractivity contribution in [3.05, 3.63) is 65.0 Å². The van der Waals surface area contributed by atoms with Crippen LogP contribution in [0.5, 0.6) is 5.75 Å². The lowest BCUT2D eigenvalue weighted by atomic mass is 9.97. The molecule has 0 aliphatic carbocycles. The summed E-state index contributed by atoms with van der Waals surface area (Å²) in [4.78, 5) is 4.74. The summed E-state index contributed by atoms with van der Waals surface area (Å²) in [7, 11) is 0. The van der Waals surface area contributed by atoms with Crippen LogP contribution in [-0.2, 0) is 17.8 Å². The summed E-state index contributed by atoms with van der Waals surface area (Å²) < 4.78 is 43.0. The van der Waals surface area contributed by atoms with Gasteiger partial charge in [0.15, 0.2) is 5.72 Å². The van der Waals surface area contributed by atoms with Crippen molar-refractivity contribution in [2.75, 3.05) is 0 Å².